The molecule has 0 spiro atoms. The molecular formula is C10H12BrClNO5P. The monoisotopic (exact) mass is 371 g/mol. The van der Waals surface area contributed by atoms with Crippen molar-refractivity contribution < 1.29 is 23.2 Å². The molecule has 0 amide bonds. The van der Waals surface area contributed by atoms with Crippen molar-refractivity contribution in [3.05, 3.63) is 28.7 Å². The molecule has 2 unspecified atom stereocenters. The number of halogens is 2. The van der Waals surface area contributed by atoms with E-state index in [1.807, 2.05) is 0 Å². The van der Waals surface area contributed by atoms with Gasteiger partial charge in [-0.3, -0.25) is 0 Å². The highest BCUT2D eigenvalue weighted by atomic mass is 79.9. The molecule has 2 atom stereocenters. The maximum Gasteiger partial charge on any atom is 0.532 e. The van der Waals surface area contributed by atoms with Gasteiger partial charge in [0.1, 0.15) is 11.8 Å². The zero-order valence-corrected chi connectivity index (χ0v) is 13.4. The van der Waals surface area contributed by atoms with Gasteiger partial charge in [-0.1, -0.05) is 15.9 Å². The lowest BCUT2D eigenvalue weighted by atomic mass is 10.3. The molecule has 1 rings (SSSR count). The molecular weight excluding hydrogens is 360 g/mol. The normalized spacial score (nSPS) is 15.4. The summed E-state index contributed by atoms with van der Waals surface area (Å²) in [5.74, 6) is -0.626. The third-order valence-electron chi connectivity index (χ3n) is 1.88. The molecule has 1 aromatic carbocycles. The predicted molar refractivity (Wildman–Crippen MR) is 73.9 cm³/mol. The van der Waals surface area contributed by atoms with Gasteiger partial charge < -0.3 is 13.9 Å². The first-order valence-corrected chi connectivity index (χ1v) is 8.35. The van der Waals surface area contributed by atoms with Crippen LogP contribution < -0.4 is 10.0 Å². The topological polar surface area (TPSA) is 73.9 Å². The molecule has 19 heavy (non-hydrogen) atoms. The Morgan fingerprint density at radius 3 is 2.53 bits per heavy atom. The van der Waals surface area contributed by atoms with Crippen LogP contribution in [0, 0.1) is 0 Å². The minimum absolute atomic E-state index is 0.224. The minimum Gasteiger partial charge on any atom is -0.405 e. The highest BCUT2D eigenvalue weighted by Gasteiger charge is 2.30. The van der Waals surface area contributed by atoms with Crippen LogP contribution in [0.1, 0.15) is 6.92 Å². The van der Waals surface area contributed by atoms with Crippen molar-refractivity contribution in [2.24, 2.45) is 0 Å². The number of hydrogen-bond donors (Lipinski definition) is 1. The molecule has 0 saturated carbocycles. The number of hydroxylamine groups is 1. The number of hydrogen-bond acceptors (Lipinski definition) is 6. The average Bonchev–Trinajstić information content (AvgIpc) is 2.31. The highest BCUT2D eigenvalue weighted by Crippen LogP contribution is 2.53. The maximum atomic E-state index is 11.8. The number of rotatable bonds is 6. The summed E-state index contributed by atoms with van der Waals surface area (Å²) in [4.78, 5) is 16.0. The SMILES string of the molecule is CONC(C)C(=O)OP(=O)(Cl)Oc1ccc(Br)cc1. The van der Waals surface area contributed by atoms with E-state index >= 15 is 0 Å². The summed E-state index contributed by atoms with van der Waals surface area (Å²) in [6.07, 6.45) is 0. The Labute approximate surface area is 123 Å². The van der Waals surface area contributed by atoms with Gasteiger partial charge in [-0.15, -0.1) is 0 Å². The lowest BCUT2D eigenvalue weighted by Gasteiger charge is -2.15. The van der Waals surface area contributed by atoms with Crippen molar-refractivity contribution in [2.75, 3.05) is 7.11 Å². The van der Waals surface area contributed by atoms with Crippen molar-refractivity contribution in [1.82, 2.24) is 5.48 Å². The van der Waals surface area contributed by atoms with Crippen LogP contribution in [0.4, 0.5) is 0 Å². The van der Waals surface area contributed by atoms with E-state index in [-0.39, 0.29) is 5.75 Å². The molecule has 0 saturated heterocycles. The van der Waals surface area contributed by atoms with Crippen LogP contribution in [-0.2, 0) is 18.7 Å². The summed E-state index contributed by atoms with van der Waals surface area (Å²) in [6, 6.07) is 5.57. The molecule has 0 bridgehead atoms. The molecule has 1 N–H and O–H groups in total. The highest BCUT2D eigenvalue weighted by molar-refractivity contribution is 9.10. The number of carbonyl (C=O) groups excluding carboxylic acids is 1. The van der Waals surface area contributed by atoms with E-state index in [9.17, 15) is 9.36 Å². The lowest BCUT2D eigenvalue weighted by molar-refractivity contribution is -0.139. The van der Waals surface area contributed by atoms with E-state index in [0.717, 1.165) is 4.47 Å². The van der Waals surface area contributed by atoms with Crippen LogP contribution in [0.3, 0.4) is 0 Å². The van der Waals surface area contributed by atoms with Crippen molar-refractivity contribution >= 4 is 40.1 Å². The smallest absolute Gasteiger partial charge is 0.405 e. The molecule has 106 valence electrons. The van der Waals surface area contributed by atoms with Crippen LogP contribution in [0.25, 0.3) is 0 Å². The molecule has 0 aliphatic rings. The zero-order chi connectivity index (χ0) is 14.5. The molecule has 1 aromatic rings. The van der Waals surface area contributed by atoms with Gasteiger partial charge in [0, 0.05) is 15.7 Å². The largest absolute Gasteiger partial charge is 0.532 e. The van der Waals surface area contributed by atoms with Gasteiger partial charge in [-0.25, -0.2) is 9.36 Å². The second-order valence-electron chi connectivity index (χ2n) is 3.43. The molecule has 0 aliphatic heterocycles. The van der Waals surface area contributed by atoms with Crippen LogP contribution in [0.5, 0.6) is 5.75 Å². The van der Waals surface area contributed by atoms with E-state index in [0.29, 0.717) is 0 Å². The second-order valence-corrected chi connectivity index (χ2v) is 6.81. The summed E-state index contributed by atoms with van der Waals surface area (Å²) in [5, 5.41) is 0. The Morgan fingerprint density at radius 1 is 1.42 bits per heavy atom. The lowest BCUT2D eigenvalue weighted by Crippen LogP contribution is -2.33. The van der Waals surface area contributed by atoms with E-state index in [1.54, 1.807) is 12.1 Å². The van der Waals surface area contributed by atoms with Gasteiger partial charge in [0.15, 0.2) is 0 Å². The molecule has 0 aliphatic carbocycles. The van der Waals surface area contributed by atoms with Crippen molar-refractivity contribution in [3.8, 4) is 5.75 Å². The zero-order valence-electron chi connectivity index (χ0n) is 10.1. The number of carbonyl (C=O) groups is 1. The first kappa shape index (κ1) is 16.5. The van der Waals surface area contributed by atoms with Gasteiger partial charge >= 0.3 is 12.9 Å². The van der Waals surface area contributed by atoms with Crippen molar-refractivity contribution in [3.63, 3.8) is 0 Å². The Hall–Kier alpha value is -0.590. The van der Waals surface area contributed by atoms with Gasteiger partial charge in [-0.2, -0.15) is 5.48 Å². The predicted octanol–water partition coefficient (Wildman–Crippen LogP) is 3.26. The fraction of sp³-hybridized carbons (Fsp3) is 0.300. The third-order valence-corrected chi connectivity index (χ3v) is 3.64. The Balaban J connectivity index is 2.63. The first-order valence-electron chi connectivity index (χ1n) is 5.11. The fourth-order valence-electron chi connectivity index (χ4n) is 1.05. The molecule has 0 fully saturated rings. The summed E-state index contributed by atoms with van der Waals surface area (Å²) < 4.78 is 22.2. The fourth-order valence-corrected chi connectivity index (χ4v) is 2.54. The number of nitrogens with one attached hydrogen (secondary N) is 1. The molecule has 9 heteroatoms. The Bertz CT molecular complexity index is 483. The van der Waals surface area contributed by atoms with Gasteiger partial charge in [-0.05, 0) is 31.2 Å². The van der Waals surface area contributed by atoms with E-state index in [1.165, 1.54) is 26.2 Å². The first-order chi connectivity index (χ1) is 8.84. The van der Waals surface area contributed by atoms with Crippen LogP contribution in [-0.4, -0.2) is 19.1 Å². The molecule has 0 radical (unpaired) electrons. The summed E-state index contributed by atoms with van der Waals surface area (Å²) in [6.45, 7) is -2.59. The van der Waals surface area contributed by atoms with Crippen LogP contribution >= 0.6 is 34.1 Å². The van der Waals surface area contributed by atoms with E-state index in [2.05, 4.69) is 30.8 Å². The quantitative estimate of drug-likeness (QED) is 0.610. The summed E-state index contributed by atoms with van der Waals surface area (Å²) in [7, 11) is 1.34. The molecule has 6 nitrogen and oxygen atoms in total. The second kappa shape index (κ2) is 7.26. The van der Waals surface area contributed by atoms with Gasteiger partial charge in [0.05, 0.1) is 7.11 Å². The van der Waals surface area contributed by atoms with Gasteiger partial charge in [0.2, 0.25) is 0 Å². The van der Waals surface area contributed by atoms with Crippen molar-refractivity contribution in [2.45, 2.75) is 13.0 Å². The third kappa shape index (κ3) is 5.93. The summed E-state index contributed by atoms with van der Waals surface area (Å²) >= 11 is 8.80. The van der Waals surface area contributed by atoms with E-state index in [4.69, 9.17) is 15.8 Å². The molecule has 0 heterocycles. The van der Waals surface area contributed by atoms with Crippen LogP contribution in [0.15, 0.2) is 28.7 Å². The Kier molecular flexibility index (Phi) is 6.29. The maximum absolute atomic E-state index is 11.8. The minimum atomic E-state index is -4.05. The standard InChI is InChI=1S/C10H12BrClNO5P/c1-7(13-16-2)10(14)18-19(12,15)17-9-5-3-8(11)4-6-9/h3-7,13H,1-2H3. The van der Waals surface area contributed by atoms with E-state index < -0.39 is 19.0 Å². The Morgan fingerprint density at radius 2 is 2.00 bits per heavy atom. The summed E-state index contributed by atoms with van der Waals surface area (Å²) in [5.41, 5.74) is 2.32. The number of benzene rings is 1. The average molecular weight is 373 g/mol. The van der Waals surface area contributed by atoms with Crippen molar-refractivity contribution in [1.29, 1.82) is 0 Å². The molecule has 0 aromatic heterocycles. The van der Waals surface area contributed by atoms with Crippen LogP contribution in [0.2, 0.25) is 0 Å². The van der Waals surface area contributed by atoms with Gasteiger partial charge in [0.25, 0.3) is 0 Å².